The van der Waals surface area contributed by atoms with E-state index in [4.69, 9.17) is 0 Å². The van der Waals surface area contributed by atoms with Crippen molar-refractivity contribution in [1.29, 1.82) is 0 Å². The SMILES string of the molecule is O=C(NCc1cccnc1)Nc1ccc(S(=O)(=O)c2ccc(-c3ccccc3)cc2)cc1. The van der Waals surface area contributed by atoms with Crippen molar-refractivity contribution in [3.63, 3.8) is 0 Å². The van der Waals surface area contributed by atoms with Crippen LogP contribution in [0.2, 0.25) is 0 Å². The predicted molar refractivity (Wildman–Crippen MR) is 124 cm³/mol. The van der Waals surface area contributed by atoms with Gasteiger partial charge in [0, 0.05) is 24.6 Å². The van der Waals surface area contributed by atoms with Crippen molar-refractivity contribution in [3.05, 3.63) is 109 Å². The van der Waals surface area contributed by atoms with Crippen LogP contribution in [0.1, 0.15) is 5.56 Å². The Bertz CT molecular complexity index is 1290. The van der Waals surface area contributed by atoms with Crippen molar-refractivity contribution in [2.45, 2.75) is 16.3 Å². The molecule has 2 N–H and O–H groups in total. The summed E-state index contributed by atoms with van der Waals surface area (Å²) in [6.45, 7) is 0.338. The number of pyridine rings is 1. The fourth-order valence-corrected chi connectivity index (χ4v) is 4.43. The number of nitrogens with one attached hydrogen (secondary N) is 2. The molecule has 4 aromatic rings. The van der Waals surface area contributed by atoms with Crippen molar-refractivity contribution in [1.82, 2.24) is 10.3 Å². The van der Waals surface area contributed by atoms with Crippen LogP contribution in [0.4, 0.5) is 10.5 Å². The fraction of sp³-hybridized carbons (Fsp3) is 0.0400. The van der Waals surface area contributed by atoms with Gasteiger partial charge in [0.05, 0.1) is 9.79 Å². The largest absolute Gasteiger partial charge is 0.334 e. The second-order valence-corrected chi connectivity index (χ2v) is 9.04. The highest BCUT2D eigenvalue weighted by atomic mass is 32.2. The third kappa shape index (κ3) is 5.01. The van der Waals surface area contributed by atoms with Gasteiger partial charge in [0.2, 0.25) is 9.84 Å². The number of carbonyl (C=O) groups is 1. The zero-order valence-electron chi connectivity index (χ0n) is 17.1. The summed E-state index contributed by atoms with van der Waals surface area (Å²) in [5, 5.41) is 5.42. The Morgan fingerprint density at radius 3 is 2.00 bits per heavy atom. The quantitative estimate of drug-likeness (QED) is 0.444. The van der Waals surface area contributed by atoms with Crippen LogP contribution in [0.3, 0.4) is 0 Å². The van der Waals surface area contributed by atoms with Crippen molar-refractivity contribution in [2.24, 2.45) is 0 Å². The van der Waals surface area contributed by atoms with Gasteiger partial charge in [-0.3, -0.25) is 4.98 Å². The van der Waals surface area contributed by atoms with Gasteiger partial charge in [-0.15, -0.1) is 0 Å². The molecule has 0 bridgehead atoms. The van der Waals surface area contributed by atoms with Gasteiger partial charge in [-0.05, 0) is 59.2 Å². The van der Waals surface area contributed by atoms with Crippen LogP contribution in [0, 0.1) is 0 Å². The van der Waals surface area contributed by atoms with E-state index in [1.807, 2.05) is 36.4 Å². The summed E-state index contributed by atoms with van der Waals surface area (Å²) in [5.41, 5.74) is 3.34. The van der Waals surface area contributed by atoms with Crippen LogP contribution in [0.25, 0.3) is 11.1 Å². The maximum atomic E-state index is 13.0. The molecular weight excluding hydrogens is 422 g/mol. The summed E-state index contributed by atoms with van der Waals surface area (Å²) in [5.74, 6) is 0. The molecule has 0 atom stereocenters. The normalized spacial score (nSPS) is 11.0. The summed E-state index contributed by atoms with van der Waals surface area (Å²) >= 11 is 0. The summed E-state index contributed by atoms with van der Waals surface area (Å²) in [7, 11) is -3.66. The first-order valence-corrected chi connectivity index (χ1v) is 11.4. The number of sulfone groups is 1. The monoisotopic (exact) mass is 443 g/mol. The first-order valence-electron chi connectivity index (χ1n) is 9.97. The molecule has 0 aliphatic heterocycles. The molecule has 1 heterocycles. The summed E-state index contributed by atoms with van der Waals surface area (Å²) < 4.78 is 25.9. The number of hydrogen-bond donors (Lipinski definition) is 2. The second kappa shape index (κ2) is 9.45. The Morgan fingerprint density at radius 2 is 1.38 bits per heavy atom. The van der Waals surface area contributed by atoms with Crippen LogP contribution in [-0.2, 0) is 16.4 Å². The Balaban J connectivity index is 1.42. The number of benzene rings is 3. The lowest BCUT2D eigenvalue weighted by molar-refractivity contribution is 0.251. The average Bonchev–Trinajstić information content (AvgIpc) is 2.84. The van der Waals surface area contributed by atoms with Gasteiger partial charge in [0.1, 0.15) is 0 Å². The highest BCUT2D eigenvalue weighted by Crippen LogP contribution is 2.25. The lowest BCUT2D eigenvalue weighted by atomic mass is 10.1. The predicted octanol–water partition coefficient (Wildman–Crippen LogP) is 4.90. The average molecular weight is 444 g/mol. The number of urea groups is 1. The van der Waals surface area contributed by atoms with E-state index in [2.05, 4.69) is 15.6 Å². The fourth-order valence-electron chi connectivity index (χ4n) is 3.17. The third-order valence-corrected chi connectivity index (χ3v) is 6.66. The molecule has 0 radical (unpaired) electrons. The summed E-state index contributed by atoms with van der Waals surface area (Å²) in [6.07, 6.45) is 3.34. The lowest BCUT2D eigenvalue weighted by Crippen LogP contribution is -2.28. The molecule has 2 amide bonds. The number of carbonyl (C=O) groups excluding carboxylic acids is 1. The van der Waals surface area contributed by atoms with Crippen molar-refractivity contribution in [3.8, 4) is 11.1 Å². The Morgan fingerprint density at radius 1 is 0.750 bits per heavy atom. The van der Waals surface area contributed by atoms with Gasteiger partial charge in [-0.1, -0.05) is 48.5 Å². The molecule has 7 heteroatoms. The minimum atomic E-state index is -3.66. The molecule has 0 spiro atoms. The topological polar surface area (TPSA) is 88.2 Å². The number of hydrogen-bond acceptors (Lipinski definition) is 4. The molecule has 0 aliphatic carbocycles. The van der Waals surface area contributed by atoms with E-state index < -0.39 is 9.84 Å². The molecule has 160 valence electrons. The van der Waals surface area contributed by atoms with Crippen molar-refractivity contribution >= 4 is 21.6 Å². The summed E-state index contributed by atoms with van der Waals surface area (Å²) in [4.78, 5) is 16.4. The number of aromatic nitrogens is 1. The zero-order chi connectivity index (χ0) is 22.4. The van der Waals surface area contributed by atoms with Gasteiger partial charge < -0.3 is 10.6 Å². The zero-order valence-corrected chi connectivity index (χ0v) is 17.9. The first kappa shape index (κ1) is 21.3. The molecule has 0 fully saturated rings. The third-order valence-electron chi connectivity index (χ3n) is 4.87. The van der Waals surface area contributed by atoms with Gasteiger partial charge in [-0.25, -0.2) is 13.2 Å². The molecule has 0 aliphatic rings. The van der Waals surface area contributed by atoms with Crippen LogP contribution in [0.15, 0.2) is 113 Å². The Hall–Kier alpha value is -3.97. The van der Waals surface area contributed by atoms with E-state index in [0.717, 1.165) is 16.7 Å². The highest BCUT2D eigenvalue weighted by molar-refractivity contribution is 7.91. The summed E-state index contributed by atoms with van der Waals surface area (Å²) in [6, 6.07) is 25.9. The first-order chi connectivity index (χ1) is 15.5. The maximum absolute atomic E-state index is 13.0. The smallest absolute Gasteiger partial charge is 0.319 e. The molecule has 0 unspecified atom stereocenters. The minimum Gasteiger partial charge on any atom is -0.334 e. The minimum absolute atomic E-state index is 0.159. The molecule has 1 aromatic heterocycles. The van der Waals surface area contributed by atoms with E-state index in [9.17, 15) is 13.2 Å². The number of anilines is 1. The van der Waals surface area contributed by atoms with E-state index in [1.165, 1.54) is 12.1 Å². The van der Waals surface area contributed by atoms with E-state index in [-0.39, 0.29) is 15.8 Å². The van der Waals surface area contributed by atoms with Gasteiger partial charge in [0.15, 0.2) is 0 Å². The van der Waals surface area contributed by atoms with Crippen molar-refractivity contribution in [2.75, 3.05) is 5.32 Å². The van der Waals surface area contributed by atoms with Gasteiger partial charge in [-0.2, -0.15) is 0 Å². The standard InChI is InChI=1S/C25H21N3O3S/c29-25(27-18-19-5-4-16-26-17-19)28-22-10-14-24(15-11-22)32(30,31)23-12-8-21(9-13-23)20-6-2-1-3-7-20/h1-17H,18H2,(H2,27,28,29). The van der Waals surface area contributed by atoms with Crippen LogP contribution < -0.4 is 10.6 Å². The second-order valence-electron chi connectivity index (χ2n) is 7.09. The highest BCUT2D eigenvalue weighted by Gasteiger charge is 2.17. The number of nitrogens with zero attached hydrogens (tertiary/aromatic N) is 1. The van der Waals surface area contributed by atoms with Gasteiger partial charge >= 0.3 is 6.03 Å². The molecular formula is C25H21N3O3S. The molecule has 6 nitrogen and oxygen atoms in total. The van der Waals surface area contributed by atoms with Crippen molar-refractivity contribution < 1.29 is 13.2 Å². The molecule has 0 saturated carbocycles. The van der Waals surface area contributed by atoms with E-state index in [1.54, 1.807) is 54.9 Å². The van der Waals surface area contributed by atoms with Crippen LogP contribution >= 0.6 is 0 Å². The van der Waals surface area contributed by atoms with E-state index >= 15 is 0 Å². The maximum Gasteiger partial charge on any atom is 0.319 e. The lowest BCUT2D eigenvalue weighted by Gasteiger charge is -2.09. The molecule has 3 aromatic carbocycles. The number of rotatable bonds is 6. The molecule has 32 heavy (non-hydrogen) atoms. The number of amides is 2. The Labute approximate surface area is 186 Å². The van der Waals surface area contributed by atoms with Crippen LogP contribution in [0.5, 0.6) is 0 Å². The van der Waals surface area contributed by atoms with Gasteiger partial charge in [0.25, 0.3) is 0 Å². The molecule has 0 saturated heterocycles. The molecule has 4 rings (SSSR count). The van der Waals surface area contributed by atoms with E-state index in [0.29, 0.717) is 12.2 Å². The van der Waals surface area contributed by atoms with Crippen LogP contribution in [-0.4, -0.2) is 19.4 Å². The Kier molecular flexibility index (Phi) is 6.28.